The highest BCUT2D eigenvalue weighted by Gasteiger charge is 2.17. The second-order valence-electron chi connectivity index (χ2n) is 13.3. The molecule has 0 bridgehead atoms. The highest BCUT2D eigenvalue weighted by atomic mass is 35.5. The molecule has 2 N–H and O–H groups in total. The molecular formula is C38H80ClN. The molecule has 1 nitrogen and oxygen atoms in total. The summed E-state index contributed by atoms with van der Waals surface area (Å²) in [4.78, 5) is 0. The van der Waals surface area contributed by atoms with Crippen molar-refractivity contribution in [3.8, 4) is 0 Å². The van der Waals surface area contributed by atoms with Gasteiger partial charge in [-0.15, -0.1) is 12.4 Å². The first-order valence-electron chi connectivity index (χ1n) is 19.0. The van der Waals surface area contributed by atoms with Crippen LogP contribution >= 0.6 is 12.4 Å². The smallest absolute Gasteiger partial charge is 0.00671 e. The van der Waals surface area contributed by atoms with Crippen molar-refractivity contribution in [2.45, 2.75) is 239 Å². The number of unbranched alkanes of at least 4 members (excludes halogenated alkanes) is 27. The molecule has 40 heavy (non-hydrogen) atoms. The maximum atomic E-state index is 6.87. The highest BCUT2D eigenvalue weighted by molar-refractivity contribution is 5.85. The standard InChI is InChI=1S/C38H79N.ClH/c1-4-7-10-13-16-19-22-25-28-31-34-37(35-32-29-26-23-20-17-14-11-8-5-2)38(39)36-33-30-27-24-21-18-15-12-9-6-3;/h37-38H,4-36,39H2,1-3H3;1H. The van der Waals surface area contributed by atoms with Crippen molar-refractivity contribution in [1.82, 2.24) is 0 Å². The van der Waals surface area contributed by atoms with Crippen LogP contribution in [0.5, 0.6) is 0 Å². The molecule has 244 valence electrons. The minimum absolute atomic E-state index is 0. The quantitative estimate of drug-likeness (QED) is 0.0746. The Morgan fingerprint density at radius 2 is 0.500 bits per heavy atom. The lowest BCUT2D eigenvalue weighted by atomic mass is 9.86. The van der Waals surface area contributed by atoms with Crippen LogP contribution < -0.4 is 5.73 Å². The molecule has 0 aromatic heterocycles. The van der Waals surface area contributed by atoms with Gasteiger partial charge in [-0.3, -0.25) is 0 Å². The van der Waals surface area contributed by atoms with Crippen molar-refractivity contribution in [1.29, 1.82) is 0 Å². The number of rotatable bonds is 34. The molecule has 0 aliphatic rings. The summed E-state index contributed by atoms with van der Waals surface area (Å²) in [5.41, 5.74) is 6.87. The van der Waals surface area contributed by atoms with Crippen molar-refractivity contribution >= 4 is 12.4 Å². The number of nitrogens with two attached hydrogens (primary N) is 1. The van der Waals surface area contributed by atoms with Gasteiger partial charge in [-0.05, 0) is 25.2 Å². The predicted molar refractivity (Wildman–Crippen MR) is 188 cm³/mol. The molecule has 0 aromatic carbocycles. The zero-order valence-corrected chi connectivity index (χ0v) is 29.3. The van der Waals surface area contributed by atoms with Crippen LogP contribution in [-0.4, -0.2) is 6.04 Å². The average Bonchev–Trinajstić information content (AvgIpc) is 2.94. The molecule has 0 rings (SSSR count). The van der Waals surface area contributed by atoms with E-state index in [0.29, 0.717) is 6.04 Å². The van der Waals surface area contributed by atoms with E-state index in [4.69, 9.17) is 5.73 Å². The van der Waals surface area contributed by atoms with E-state index in [1.54, 1.807) is 0 Å². The molecule has 1 atom stereocenters. The van der Waals surface area contributed by atoms with Gasteiger partial charge in [0.15, 0.2) is 0 Å². The first-order valence-corrected chi connectivity index (χ1v) is 19.0. The summed E-state index contributed by atoms with van der Waals surface area (Å²) < 4.78 is 0. The van der Waals surface area contributed by atoms with Crippen LogP contribution in [0.25, 0.3) is 0 Å². The fourth-order valence-electron chi connectivity index (χ4n) is 6.46. The summed E-state index contributed by atoms with van der Waals surface area (Å²) in [6.07, 6.45) is 47.1. The van der Waals surface area contributed by atoms with Crippen molar-refractivity contribution in [3.63, 3.8) is 0 Å². The van der Waals surface area contributed by atoms with Crippen LogP contribution in [-0.2, 0) is 0 Å². The monoisotopic (exact) mass is 586 g/mol. The molecule has 0 saturated heterocycles. The summed E-state index contributed by atoms with van der Waals surface area (Å²) in [5, 5.41) is 0. The normalized spacial score (nSPS) is 12.2. The van der Waals surface area contributed by atoms with Gasteiger partial charge in [0, 0.05) is 6.04 Å². The van der Waals surface area contributed by atoms with Gasteiger partial charge in [-0.2, -0.15) is 0 Å². The highest BCUT2D eigenvalue weighted by Crippen LogP contribution is 2.25. The van der Waals surface area contributed by atoms with Crippen molar-refractivity contribution in [2.75, 3.05) is 0 Å². The summed E-state index contributed by atoms with van der Waals surface area (Å²) in [5.74, 6) is 0.784. The molecule has 0 amide bonds. The van der Waals surface area contributed by atoms with Crippen LogP contribution in [0.2, 0.25) is 0 Å². The number of halogens is 1. The molecule has 0 aromatic rings. The van der Waals surface area contributed by atoms with E-state index < -0.39 is 0 Å². The Balaban J connectivity index is 0. The third-order valence-corrected chi connectivity index (χ3v) is 9.35. The second kappa shape index (κ2) is 37.3. The molecule has 1 unspecified atom stereocenters. The zero-order chi connectivity index (χ0) is 28.5. The SMILES string of the molecule is CCCCCCCCCCCCC(N)C(CCCCCCCCCCCC)CCCCCCCCCCCC.Cl. The van der Waals surface area contributed by atoms with E-state index in [-0.39, 0.29) is 12.4 Å². The van der Waals surface area contributed by atoms with Crippen LogP contribution in [0.1, 0.15) is 233 Å². The lowest BCUT2D eigenvalue weighted by Gasteiger charge is -2.24. The van der Waals surface area contributed by atoms with E-state index in [0.717, 1.165) is 5.92 Å². The van der Waals surface area contributed by atoms with Gasteiger partial charge in [-0.1, -0.05) is 213 Å². The second-order valence-corrected chi connectivity index (χ2v) is 13.3. The first-order chi connectivity index (χ1) is 19.3. The van der Waals surface area contributed by atoms with Crippen molar-refractivity contribution in [2.24, 2.45) is 11.7 Å². The summed E-state index contributed by atoms with van der Waals surface area (Å²) in [7, 11) is 0. The van der Waals surface area contributed by atoms with Gasteiger partial charge in [-0.25, -0.2) is 0 Å². The first kappa shape index (κ1) is 42.4. The average molecular weight is 587 g/mol. The Morgan fingerprint density at radius 1 is 0.300 bits per heavy atom. The lowest BCUT2D eigenvalue weighted by molar-refractivity contribution is 0.321. The Hall–Kier alpha value is 0.250. The maximum Gasteiger partial charge on any atom is 0.00671 e. The largest absolute Gasteiger partial charge is 0.327 e. The van der Waals surface area contributed by atoms with Crippen LogP contribution in [0.15, 0.2) is 0 Å². The third kappa shape index (κ3) is 32.8. The summed E-state index contributed by atoms with van der Waals surface area (Å²) in [6, 6.07) is 0.455. The van der Waals surface area contributed by atoms with Gasteiger partial charge in [0.1, 0.15) is 0 Å². The molecule has 0 heterocycles. The minimum Gasteiger partial charge on any atom is -0.327 e. The van der Waals surface area contributed by atoms with Gasteiger partial charge in [0.25, 0.3) is 0 Å². The Bertz CT molecular complexity index is 402. The fourth-order valence-corrected chi connectivity index (χ4v) is 6.46. The Kier molecular flexibility index (Phi) is 39.5. The van der Waals surface area contributed by atoms with E-state index in [9.17, 15) is 0 Å². The van der Waals surface area contributed by atoms with E-state index in [1.165, 1.54) is 212 Å². The maximum absolute atomic E-state index is 6.87. The minimum atomic E-state index is 0. The van der Waals surface area contributed by atoms with Gasteiger partial charge >= 0.3 is 0 Å². The molecule has 0 spiro atoms. The van der Waals surface area contributed by atoms with Crippen molar-refractivity contribution in [3.05, 3.63) is 0 Å². The van der Waals surface area contributed by atoms with Gasteiger partial charge in [0.2, 0.25) is 0 Å². The van der Waals surface area contributed by atoms with Gasteiger partial charge in [0.05, 0.1) is 0 Å². The zero-order valence-electron chi connectivity index (χ0n) is 28.5. The molecule has 0 fully saturated rings. The molecule has 0 radical (unpaired) electrons. The summed E-state index contributed by atoms with van der Waals surface area (Å²) in [6.45, 7) is 6.93. The summed E-state index contributed by atoms with van der Waals surface area (Å²) >= 11 is 0. The fraction of sp³-hybridized carbons (Fsp3) is 1.00. The third-order valence-electron chi connectivity index (χ3n) is 9.35. The molecule has 0 aliphatic heterocycles. The Morgan fingerprint density at radius 3 is 0.750 bits per heavy atom. The molecule has 0 aliphatic carbocycles. The van der Waals surface area contributed by atoms with Crippen LogP contribution in [0.3, 0.4) is 0 Å². The van der Waals surface area contributed by atoms with Crippen LogP contribution in [0.4, 0.5) is 0 Å². The van der Waals surface area contributed by atoms with E-state index in [2.05, 4.69) is 20.8 Å². The Labute approximate surface area is 262 Å². The van der Waals surface area contributed by atoms with E-state index >= 15 is 0 Å². The molecular weight excluding hydrogens is 506 g/mol. The van der Waals surface area contributed by atoms with Crippen LogP contribution in [0, 0.1) is 5.92 Å². The molecule has 0 saturated carbocycles. The number of hydrogen-bond donors (Lipinski definition) is 1. The predicted octanol–water partition coefficient (Wildman–Crippen LogP) is 14.3. The van der Waals surface area contributed by atoms with Crippen molar-refractivity contribution < 1.29 is 0 Å². The van der Waals surface area contributed by atoms with E-state index in [1.807, 2.05) is 0 Å². The molecule has 2 heteroatoms. The van der Waals surface area contributed by atoms with Gasteiger partial charge < -0.3 is 5.73 Å². The lowest BCUT2D eigenvalue weighted by Crippen LogP contribution is -2.30. The number of hydrogen-bond acceptors (Lipinski definition) is 1. The topological polar surface area (TPSA) is 26.0 Å².